The van der Waals surface area contributed by atoms with Gasteiger partial charge in [-0.3, -0.25) is 4.79 Å². The lowest BCUT2D eigenvalue weighted by molar-refractivity contribution is -0.145. The van der Waals surface area contributed by atoms with Gasteiger partial charge in [0.05, 0.1) is 25.9 Å². The Bertz CT molecular complexity index is 577. The van der Waals surface area contributed by atoms with Crippen LogP contribution in [0.2, 0.25) is 0 Å². The Morgan fingerprint density at radius 1 is 1.20 bits per heavy atom. The van der Waals surface area contributed by atoms with E-state index < -0.39 is 29.7 Å². The zero-order valence-electron chi connectivity index (χ0n) is 13.9. The van der Waals surface area contributed by atoms with Crippen molar-refractivity contribution in [1.82, 2.24) is 5.32 Å². The molecule has 1 N–H and O–H groups in total. The van der Waals surface area contributed by atoms with Gasteiger partial charge in [0.15, 0.2) is 0 Å². The summed E-state index contributed by atoms with van der Waals surface area (Å²) >= 11 is 0. The molecular weight excluding hydrogens is 343 g/mol. The second-order valence-corrected chi connectivity index (χ2v) is 5.09. The number of hydrogen-bond acceptors (Lipinski definition) is 5. The Morgan fingerprint density at radius 3 is 2.52 bits per heavy atom. The SMILES string of the molecule is COCCOCC(=O)N[C@H](Cc1cccc(C(F)(F)F)c1)C(=O)OC. The van der Waals surface area contributed by atoms with Crippen LogP contribution in [0.3, 0.4) is 0 Å². The van der Waals surface area contributed by atoms with Gasteiger partial charge in [0, 0.05) is 13.5 Å². The van der Waals surface area contributed by atoms with E-state index in [1.807, 2.05) is 0 Å². The van der Waals surface area contributed by atoms with Crippen molar-refractivity contribution < 1.29 is 37.0 Å². The van der Waals surface area contributed by atoms with E-state index in [9.17, 15) is 22.8 Å². The van der Waals surface area contributed by atoms with E-state index in [1.165, 1.54) is 19.2 Å². The summed E-state index contributed by atoms with van der Waals surface area (Å²) < 4.78 is 52.6. The van der Waals surface area contributed by atoms with Gasteiger partial charge in [0.25, 0.3) is 0 Å². The fraction of sp³-hybridized carbons (Fsp3) is 0.500. The largest absolute Gasteiger partial charge is 0.467 e. The number of ether oxygens (including phenoxy) is 3. The number of nitrogens with one attached hydrogen (secondary N) is 1. The molecule has 1 rings (SSSR count). The van der Waals surface area contributed by atoms with E-state index in [4.69, 9.17) is 9.47 Å². The van der Waals surface area contributed by atoms with Crippen LogP contribution in [0.15, 0.2) is 24.3 Å². The number of rotatable bonds is 9. The van der Waals surface area contributed by atoms with Gasteiger partial charge >= 0.3 is 12.1 Å². The lowest BCUT2D eigenvalue weighted by Crippen LogP contribution is -2.44. The minimum atomic E-state index is -4.49. The highest BCUT2D eigenvalue weighted by atomic mass is 19.4. The summed E-state index contributed by atoms with van der Waals surface area (Å²) in [6.45, 7) is 0.192. The fourth-order valence-electron chi connectivity index (χ4n) is 1.99. The smallest absolute Gasteiger partial charge is 0.416 e. The van der Waals surface area contributed by atoms with Crippen LogP contribution < -0.4 is 5.32 Å². The van der Waals surface area contributed by atoms with Crippen LogP contribution in [0.25, 0.3) is 0 Å². The van der Waals surface area contributed by atoms with Gasteiger partial charge in [-0.2, -0.15) is 13.2 Å². The predicted molar refractivity (Wildman–Crippen MR) is 81.8 cm³/mol. The Hall–Kier alpha value is -2.13. The summed E-state index contributed by atoms with van der Waals surface area (Å²) in [5, 5.41) is 2.39. The fourth-order valence-corrected chi connectivity index (χ4v) is 1.99. The summed E-state index contributed by atoms with van der Waals surface area (Å²) in [5.41, 5.74) is -0.589. The molecule has 0 aliphatic heterocycles. The first-order chi connectivity index (χ1) is 11.8. The monoisotopic (exact) mass is 363 g/mol. The third-order valence-corrected chi connectivity index (χ3v) is 3.18. The number of carbonyl (C=O) groups is 2. The van der Waals surface area contributed by atoms with Gasteiger partial charge in [0.2, 0.25) is 5.91 Å². The van der Waals surface area contributed by atoms with Gasteiger partial charge in [-0.25, -0.2) is 4.79 Å². The van der Waals surface area contributed by atoms with E-state index in [-0.39, 0.29) is 25.2 Å². The topological polar surface area (TPSA) is 73.9 Å². The number of hydrogen-bond donors (Lipinski definition) is 1. The zero-order valence-corrected chi connectivity index (χ0v) is 13.9. The number of methoxy groups -OCH3 is 2. The van der Waals surface area contributed by atoms with Crippen LogP contribution in [0.5, 0.6) is 0 Å². The first kappa shape index (κ1) is 20.9. The molecule has 0 radical (unpaired) electrons. The second kappa shape index (κ2) is 10.00. The molecule has 0 heterocycles. The van der Waals surface area contributed by atoms with Gasteiger partial charge in [-0.05, 0) is 11.6 Å². The maximum Gasteiger partial charge on any atom is 0.416 e. The molecule has 0 fully saturated rings. The van der Waals surface area contributed by atoms with Crippen LogP contribution >= 0.6 is 0 Å². The molecule has 140 valence electrons. The van der Waals surface area contributed by atoms with E-state index in [1.54, 1.807) is 0 Å². The molecule has 0 spiro atoms. The standard InChI is InChI=1S/C16H20F3NO5/c1-23-6-7-25-10-14(21)20-13(15(22)24-2)9-11-4-3-5-12(8-11)16(17,18)19/h3-5,8,13H,6-7,9-10H2,1-2H3,(H,20,21)/t13-/m1/s1. The van der Waals surface area contributed by atoms with Crippen LogP contribution in [-0.4, -0.2) is 52.0 Å². The third-order valence-electron chi connectivity index (χ3n) is 3.18. The maximum atomic E-state index is 12.8. The molecule has 1 aromatic rings. The van der Waals surface area contributed by atoms with Gasteiger partial charge in [-0.1, -0.05) is 18.2 Å². The minimum Gasteiger partial charge on any atom is -0.467 e. The molecule has 0 saturated heterocycles. The van der Waals surface area contributed by atoms with Crippen LogP contribution in [-0.2, 0) is 36.4 Å². The molecule has 0 bridgehead atoms. The minimum absolute atomic E-state index is 0.138. The van der Waals surface area contributed by atoms with Gasteiger partial charge in [0.1, 0.15) is 12.6 Å². The van der Waals surface area contributed by atoms with Gasteiger partial charge in [-0.15, -0.1) is 0 Å². The third kappa shape index (κ3) is 7.53. The van der Waals surface area contributed by atoms with Crippen molar-refractivity contribution in [3.8, 4) is 0 Å². The first-order valence-electron chi connectivity index (χ1n) is 7.38. The molecule has 25 heavy (non-hydrogen) atoms. The highest BCUT2D eigenvalue weighted by Gasteiger charge is 2.31. The normalized spacial score (nSPS) is 12.5. The first-order valence-corrected chi connectivity index (χ1v) is 7.38. The Balaban J connectivity index is 2.74. The molecule has 1 atom stereocenters. The van der Waals surface area contributed by atoms with Crippen molar-refractivity contribution in [3.63, 3.8) is 0 Å². The van der Waals surface area contributed by atoms with Crippen LogP contribution in [0.4, 0.5) is 13.2 Å². The van der Waals surface area contributed by atoms with E-state index in [0.717, 1.165) is 19.2 Å². The average Bonchev–Trinajstić information content (AvgIpc) is 2.57. The molecule has 0 saturated carbocycles. The van der Waals surface area contributed by atoms with Crippen LogP contribution in [0.1, 0.15) is 11.1 Å². The quantitative estimate of drug-likeness (QED) is 0.533. The number of alkyl halides is 3. The van der Waals surface area contributed by atoms with Crippen molar-refractivity contribution in [1.29, 1.82) is 0 Å². The summed E-state index contributed by atoms with van der Waals surface area (Å²) in [6.07, 6.45) is -4.63. The molecule has 1 aromatic carbocycles. The number of esters is 1. The van der Waals surface area contributed by atoms with Crippen LogP contribution in [0, 0.1) is 0 Å². The van der Waals surface area contributed by atoms with Crippen molar-refractivity contribution in [2.24, 2.45) is 0 Å². The molecule has 9 heteroatoms. The number of carbonyl (C=O) groups excluding carboxylic acids is 2. The van der Waals surface area contributed by atoms with Crippen molar-refractivity contribution >= 4 is 11.9 Å². The van der Waals surface area contributed by atoms with Crippen molar-refractivity contribution in [2.45, 2.75) is 18.6 Å². The number of benzene rings is 1. The molecule has 0 aliphatic carbocycles. The Morgan fingerprint density at radius 2 is 1.92 bits per heavy atom. The summed E-state index contributed by atoms with van der Waals surface area (Å²) in [4.78, 5) is 23.6. The Labute approximate surface area is 143 Å². The van der Waals surface area contributed by atoms with E-state index >= 15 is 0 Å². The summed E-state index contributed by atoms with van der Waals surface area (Å²) in [6, 6.07) is 3.41. The zero-order chi connectivity index (χ0) is 18.9. The number of amides is 1. The molecular formula is C16H20F3NO5. The second-order valence-electron chi connectivity index (χ2n) is 5.09. The Kier molecular flexibility index (Phi) is 8.36. The summed E-state index contributed by atoms with van der Waals surface area (Å²) in [5.74, 6) is -1.35. The molecule has 0 unspecified atom stereocenters. The highest BCUT2D eigenvalue weighted by Crippen LogP contribution is 2.29. The van der Waals surface area contributed by atoms with E-state index in [0.29, 0.717) is 6.61 Å². The van der Waals surface area contributed by atoms with Crippen molar-refractivity contribution in [2.75, 3.05) is 34.0 Å². The number of halogens is 3. The van der Waals surface area contributed by atoms with Gasteiger partial charge < -0.3 is 19.5 Å². The maximum absolute atomic E-state index is 12.8. The summed E-state index contributed by atoms with van der Waals surface area (Å²) in [7, 11) is 2.61. The lowest BCUT2D eigenvalue weighted by Gasteiger charge is -2.17. The molecule has 1 amide bonds. The molecule has 0 aromatic heterocycles. The van der Waals surface area contributed by atoms with Crippen molar-refractivity contribution in [3.05, 3.63) is 35.4 Å². The highest BCUT2D eigenvalue weighted by molar-refractivity contribution is 5.85. The molecule has 6 nitrogen and oxygen atoms in total. The predicted octanol–water partition coefficient (Wildman–Crippen LogP) is 1.57. The van der Waals surface area contributed by atoms with E-state index in [2.05, 4.69) is 10.1 Å². The lowest BCUT2D eigenvalue weighted by atomic mass is 10.0. The average molecular weight is 363 g/mol. The molecule has 0 aliphatic rings.